The maximum absolute atomic E-state index is 13.3. The molecular weight excluding hydrogens is 484 g/mol. The SMILES string of the molecule is CCOc1ccc(NS(=O)(=O)c2ccc3c(c2)C2C=CCC2C(c2c(O)ccc4ccccc24)N3)cc1. The van der Waals surface area contributed by atoms with E-state index in [2.05, 4.69) is 22.2 Å². The van der Waals surface area contributed by atoms with E-state index in [4.69, 9.17) is 4.74 Å². The first-order chi connectivity index (χ1) is 17.9. The predicted octanol–water partition coefficient (Wildman–Crippen LogP) is 6.57. The number of ether oxygens (including phenoxy) is 1. The van der Waals surface area contributed by atoms with Gasteiger partial charge in [-0.2, -0.15) is 0 Å². The monoisotopic (exact) mass is 512 g/mol. The zero-order chi connectivity index (χ0) is 25.6. The predicted molar refractivity (Wildman–Crippen MR) is 147 cm³/mol. The van der Waals surface area contributed by atoms with Crippen molar-refractivity contribution in [3.63, 3.8) is 0 Å². The summed E-state index contributed by atoms with van der Waals surface area (Å²) in [7, 11) is -3.78. The molecule has 6 nitrogen and oxygen atoms in total. The Bertz CT molecular complexity index is 1610. The van der Waals surface area contributed by atoms with Crippen LogP contribution >= 0.6 is 0 Å². The molecule has 1 aliphatic heterocycles. The molecule has 188 valence electrons. The molecule has 0 radical (unpaired) electrons. The first-order valence-electron chi connectivity index (χ1n) is 12.5. The Balaban J connectivity index is 1.34. The van der Waals surface area contributed by atoms with Crippen molar-refractivity contribution in [1.29, 1.82) is 0 Å². The van der Waals surface area contributed by atoms with Crippen LogP contribution in [0, 0.1) is 5.92 Å². The Morgan fingerprint density at radius 1 is 1.03 bits per heavy atom. The Kier molecular flexibility index (Phi) is 5.80. The summed E-state index contributed by atoms with van der Waals surface area (Å²) >= 11 is 0. The van der Waals surface area contributed by atoms with Gasteiger partial charge in [-0.1, -0.05) is 42.5 Å². The number of rotatable bonds is 6. The lowest BCUT2D eigenvalue weighted by molar-refractivity contribution is 0.340. The highest BCUT2D eigenvalue weighted by Crippen LogP contribution is 2.52. The number of phenols is 1. The number of fused-ring (bicyclic) bond motifs is 4. The first kappa shape index (κ1) is 23.4. The van der Waals surface area contributed by atoms with Crippen LogP contribution in [0.2, 0.25) is 0 Å². The third-order valence-corrected chi connectivity index (χ3v) is 8.70. The van der Waals surface area contributed by atoms with Crippen molar-refractivity contribution in [3.8, 4) is 11.5 Å². The maximum atomic E-state index is 13.3. The minimum Gasteiger partial charge on any atom is -0.508 e. The van der Waals surface area contributed by atoms with Crippen molar-refractivity contribution in [1.82, 2.24) is 0 Å². The number of nitrogens with one attached hydrogen (secondary N) is 2. The van der Waals surface area contributed by atoms with Gasteiger partial charge in [0.25, 0.3) is 10.0 Å². The van der Waals surface area contributed by atoms with Crippen LogP contribution in [0.3, 0.4) is 0 Å². The molecule has 3 unspecified atom stereocenters. The molecule has 0 amide bonds. The minimum absolute atomic E-state index is 0.0419. The number of hydrogen-bond acceptors (Lipinski definition) is 5. The quantitative estimate of drug-likeness (QED) is 0.254. The van der Waals surface area contributed by atoms with Gasteiger partial charge in [-0.15, -0.1) is 0 Å². The Morgan fingerprint density at radius 2 is 1.84 bits per heavy atom. The van der Waals surface area contributed by atoms with Gasteiger partial charge in [-0.25, -0.2) is 8.42 Å². The van der Waals surface area contributed by atoms with E-state index < -0.39 is 10.0 Å². The van der Waals surface area contributed by atoms with E-state index in [1.807, 2.05) is 43.3 Å². The second-order valence-corrected chi connectivity index (χ2v) is 11.2. The van der Waals surface area contributed by atoms with Gasteiger partial charge in [0.15, 0.2) is 0 Å². The standard InChI is InChI=1S/C30H28N2O4S/c1-2-36-21-13-11-20(12-14-21)32-37(34,35)22-15-16-27-26(18-22)24-8-5-9-25(24)30(31-27)29-23-7-4-3-6-19(23)10-17-28(29)33/h3-8,10-18,24-25,30-33H,2,9H2,1H3. The Morgan fingerprint density at radius 3 is 2.65 bits per heavy atom. The highest BCUT2D eigenvalue weighted by molar-refractivity contribution is 7.92. The number of phenolic OH excluding ortho intramolecular Hbond substituents is 1. The first-order valence-corrected chi connectivity index (χ1v) is 14.0. The molecule has 4 aromatic rings. The van der Waals surface area contributed by atoms with Crippen molar-refractivity contribution >= 4 is 32.2 Å². The number of hydrogen-bond donors (Lipinski definition) is 3. The minimum atomic E-state index is -3.78. The van der Waals surface area contributed by atoms with Gasteiger partial charge in [0, 0.05) is 22.9 Å². The largest absolute Gasteiger partial charge is 0.508 e. The van der Waals surface area contributed by atoms with Crippen LogP contribution in [-0.2, 0) is 10.0 Å². The highest BCUT2D eigenvalue weighted by Gasteiger charge is 2.40. The molecule has 2 aliphatic rings. The number of benzene rings is 4. The van der Waals surface area contributed by atoms with Crippen LogP contribution < -0.4 is 14.8 Å². The lowest BCUT2D eigenvalue weighted by Crippen LogP contribution is -2.29. The molecule has 4 aromatic carbocycles. The van der Waals surface area contributed by atoms with E-state index in [-0.39, 0.29) is 28.5 Å². The summed E-state index contributed by atoms with van der Waals surface area (Å²) in [5.74, 6) is 1.15. The fourth-order valence-corrected chi connectivity index (χ4v) is 6.73. The van der Waals surface area contributed by atoms with E-state index in [0.717, 1.165) is 34.0 Å². The Hall–Kier alpha value is -3.97. The Labute approximate surface area is 216 Å². The topological polar surface area (TPSA) is 87.7 Å². The normalized spacial score (nSPS) is 20.2. The smallest absolute Gasteiger partial charge is 0.261 e. The molecule has 0 saturated carbocycles. The lowest BCUT2D eigenvalue weighted by atomic mass is 9.76. The third kappa shape index (κ3) is 4.19. The molecule has 0 bridgehead atoms. The van der Waals surface area contributed by atoms with Gasteiger partial charge >= 0.3 is 0 Å². The van der Waals surface area contributed by atoms with Crippen LogP contribution in [-0.4, -0.2) is 20.1 Å². The van der Waals surface area contributed by atoms with Gasteiger partial charge in [0.05, 0.1) is 17.5 Å². The van der Waals surface area contributed by atoms with Crippen LogP contribution in [0.5, 0.6) is 11.5 Å². The molecule has 37 heavy (non-hydrogen) atoms. The molecule has 1 aliphatic carbocycles. The van der Waals surface area contributed by atoms with Gasteiger partial charge in [0.2, 0.25) is 0 Å². The second-order valence-electron chi connectivity index (χ2n) is 9.51. The van der Waals surface area contributed by atoms with E-state index in [9.17, 15) is 13.5 Å². The molecule has 0 saturated heterocycles. The van der Waals surface area contributed by atoms with Gasteiger partial charge in [-0.3, -0.25) is 4.72 Å². The van der Waals surface area contributed by atoms with Crippen LogP contribution in [0.4, 0.5) is 11.4 Å². The summed E-state index contributed by atoms with van der Waals surface area (Å²) in [5, 5.41) is 16.6. The fourth-order valence-electron chi connectivity index (χ4n) is 5.64. The fraction of sp³-hybridized carbons (Fsp3) is 0.200. The molecular formula is C30H28N2O4S. The second kappa shape index (κ2) is 9.16. The molecule has 3 atom stereocenters. The van der Waals surface area contributed by atoms with E-state index >= 15 is 0 Å². The number of allylic oxidation sites excluding steroid dienone is 2. The van der Waals surface area contributed by atoms with Gasteiger partial charge < -0.3 is 15.2 Å². The molecule has 3 N–H and O–H groups in total. The summed E-state index contributed by atoms with van der Waals surface area (Å²) in [6.45, 7) is 2.45. The number of anilines is 2. The summed E-state index contributed by atoms with van der Waals surface area (Å²) in [6.07, 6.45) is 5.16. The highest BCUT2D eigenvalue weighted by atomic mass is 32.2. The van der Waals surface area contributed by atoms with Crippen molar-refractivity contribution in [3.05, 3.63) is 102 Å². The van der Waals surface area contributed by atoms with E-state index in [0.29, 0.717) is 18.0 Å². The summed E-state index contributed by atoms with van der Waals surface area (Å²) in [5.41, 5.74) is 3.19. The molecule has 0 aromatic heterocycles. The van der Waals surface area contributed by atoms with Crippen LogP contribution in [0.1, 0.15) is 36.4 Å². The summed E-state index contributed by atoms with van der Waals surface area (Å²) in [4.78, 5) is 0.215. The zero-order valence-corrected chi connectivity index (χ0v) is 21.2. The van der Waals surface area contributed by atoms with Gasteiger partial charge in [-0.05, 0) is 84.1 Å². The van der Waals surface area contributed by atoms with Crippen molar-refractivity contribution in [2.45, 2.75) is 30.2 Å². The van der Waals surface area contributed by atoms with Crippen LogP contribution in [0.15, 0.2) is 95.9 Å². The molecule has 0 spiro atoms. The van der Waals surface area contributed by atoms with Crippen molar-refractivity contribution in [2.75, 3.05) is 16.6 Å². The third-order valence-electron chi connectivity index (χ3n) is 7.32. The van der Waals surface area contributed by atoms with E-state index in [1.54, 1.807) is 42.5 Å². The molecule has 6 rings (SSSR count). The van der Waals surface area contributed by atoms with E-state index in [1.165, 1.54) is 0 Å². The zero-order valence-electron chi connectivity index (χ0n) is 20.4. The molecule has 0 fully saturated rings. The number of aromatic hydroxyl groups is 1. The average Bonchev–Trinajstić information content (AvgIpc) is 3.40. The van der Waals surface area contributed by atoms with Crippen molar-refractivity contribution < 1.29 is 18.3 Å². The maximum Gasteiger partial charge on any atom is 0.261 e. The average molecular weight is 513 g/mol. The van der Waals surface area contributed by atoms with Crippen LogP contribution in [0.25, 0.3) is 10.8 Å². The van der Waals surface area contributed by atoms with Crippen molar-refractivity contribution in [2.24, 2.45) is 5.92 Å². The lowest BCUT2D eigenvalue weighted by Gasteiger charge is -2.38. The summed E-state index contributed by atoms with van der Waals surface area (Å²) in [6, 6.07) is 23.8. The molecule has 1 heterocycles. The van der Waals surface area contributed by atoms with Gasteiger partial charge in [0.1, 0.15) is 11.5 Å². The summed E-state index contributed by atoms with van der Waals surface area (Å²) < 4.78 is 34.6. The molecule has 7 heteroatoms. The number of sulfonamides is 1.